The Labute approximate surface area is 124 Å². The van der Waals surface area contributed by atoms with Gasteiger partial charge in [-0.2, -0.15) is 0 Å². The number of pyridine rings is 1. The summed E-state index contributed by atoms with van der Waals surface area (Å²) in [4.78, 5) is 18.0. The summed E-state index contributed by atoms with van der Waals surface area (Å²) in [6.07, 6.45) is 1.17. The minimum atomic E-state index is 0.107. The lowest BCUT2D eigenvalue weighted by Crippen LogP contribution is -2.22. The van der Waals surface area contributed by atoms with Crippen molar-refractivity contribution in [3.05, 3.63) is 45.7 Å². The van der Waals surface area contributed by atoms with E-state index in [1.54, 1.807) is 13.2 Å². The van der Waals surface area contributed by atoms with E-state index in [0.717, 1.165) is 48.4 Å². The van der Waals surface area contributed by atoms with Crippen molar-refractivity contribution in [3.8, 4) is 0 Å². The molecule has 0 unspecified atom stereocenters. The third-order valence-electron chi connectivity index (χ3n) is 4.21. The molecule has 1 saturated heterocycles. The van der Waals surface area contributed by atoms with Crippen LogP contribution in [0.2, 0.25) is 0 Å². The second-order valence-electron chi connectivity index (χ2n) is 6.05. The molecule has 1 aromatic carbocycles. The number of hydrogen-bond acceptors (Lipinski definition) is 3. The Bertz CT molecular complexity index is 693. The van der Waals surface area contributed by atoms with Crippen LogP contribution in [0.3, 0.4) is 0 Å². The number of H-pyrrole nitrogens is 1. The van der Waals surface area contributed by atoms with Gasteiger partial charge in [-0.15, -0.1) is 0 Å². The number of benzene rings is 1. The zero-order chi connectivity index (χ0) is 14.8. The highest BCUT2D eigenvalue weighted by Crippen LogP contribution is 2.19. The fourth-order valence-electron chi connectivity index (χ4n) is 3.17. The lowest BCUT2D eigenvalue weighted by Gasteiger charge is -2.16. The van der Waals surface area contributed by atoms with Gasteiger partial charge in [0.05, 0.1) is 6.61 Å². The van der Waals surface area contributed by atoms with Gasteiger partial charge >= 0.3 is 0 Å². The van der Waals surface area contributed by atoms with Gasteiger partial charge in [-0.1, -0.05) is 11.6 Å². The standard InChI is InChI=1S/C17H22N2O2/c1-12-3-4-16-15(7-12)17(20)8-14(18-16)10-19-6-5-13(9-19)11-21-2/h3-4,7-8,13H,5-6,9-11H2,1-2H3,(H,18,20)/t13-/m1/s1. The molecule has 1 fully saturated rings. The van der Waals surface area contributed by atoms with Crippen molar-refractivity contribution >= 4 is 10.9 Å². The second-order valence-corrected chi connectivity index (χ2v) is 6.05. The number of likely N-dealkylation sites (tertiary alicyclic amines) is 1. The van der Waals surface area contributed by atoms with Crippen LogP contribution in [0.5, 0.6) is 0 Å². The Hall–Kier alpha value is -1.65. The molecule has 112 valence electrons. The van der Waals surface area contributed by atoms with E-state index < -0.39 is 0 Å². The molecular weight excluding hydrogens is 264 g/mol. The van der Waals surface area contributed by atoms with Gasteiger partial charge in [0.1, 0.15) is 0 Å². The molecule has 4 heteroatoms. The third kappa shape index (κ3) is 3.17. The first-order valence-corrected chi connectivity index (χ1v) is 7.49. The Kier molecular flexibility index (Phi) is 4.08. The molecule has 1 aliphatic rings. The number of ether oxygens (including phenoxy) is 1. The minimum Gasteiger partial charge on any atom is -0.384 e. The number of aromatic amines is 1. The maximum Gasteiger partial charge on any atom is 0.189 e. The van der Waals surface area contributed by atoms with E-state index in [9.17, 15) is 4.79 Å². The number of nitrogens with zero attached hydrogens (tertiary/aromatic N) is 1. The zero-order valence-corrected chi connectivity index (χ0v) is 12.7. The van der Waals surface area contributed by atoms with E-state index in [1.807, 2.05) is 25.1 Å². The predicted octanol–water partition coefficient (Wildman–Crippen LogP) is 2.30. The van der Waals surface area contributed by atoms with Gasteiger partial charge in [-0.25, -0.2) is 0 Å². The molecule has 0 radical (unpaired) electrons. The summed E-state index contributed by atoms with van der Waals surface area (Å²) in [5, 5.41) is 0.775. The van der Waals surface area contributed by atoms with E-state index >= 15 is 0 Å². The minimum absolute atomic E-state index is 0.107. The molecule has 0 spiro atoms. The van der Waals surface area contributed by atoms with Gasteiger partial charge in [0.15, 0.2) is 5.43 Å². The number of nitrogens with one attached hydrogen (secondary N) is 1. The summed E-state index contributed by atoms with van der Waals surface area (Å²) in [7, 11) is 1.76. The van der Waals surface area contributed by atoms with Crippen molar-refractivity contribution in [3.63, 3.8) is 0 Å². The SMILES string of the molecule is COC[C@@H]1CCN(Cc2cc(=O)c3cc(C)ccc3[nH]2)C1. The predicted molar refractivity (Wildman–Crippen MR) is 84.6 cm³/mol. The Morgan fingerprint density at radius 1 is 1.38 bits per heavy atom. The van der Waals surface area contributed by atoms with Gasteiger partial charge in [0.2, 0.25) is 0 Å². The van der Waals surface area contributed by atoms with Crippen LogP contribution in [-0.4, -0.2) is 36.7 Å². The Morgan fingerprint density at radius 2 is 2.24 bits per heavy atom. The van der Waals surface area contributed by atoms with Crippen LogP contribution in [0, 0.1) is 12.8 Å². The number of hydrogen-bond donors (Lipinski definition) is 1. The molecule has 1 aliphatic heterocycles. The maximum atomic E-state index is 12.2. The van der Waals surface area contributed by atoms with Crippen LogP contribution in [0.1, 0.15) is 17.7 Å². The summed E-state index contributed by atoms with van der Waals surface area (Å²) in [5.41, 5.74) is 3.14. The summed E-state index contributed by atoms with van der Waals surface area (Å²) in [6, 6.07) is 7.72. The highest BCUT2D eigenvalue weighted by Gasteiger charge is 2.22. The number of rotatable bonds is 4. The molecule has 2 heterocycles. The van der Waals surface area contributed by atoms with Crippen molar-refractivity contribution in [2.75, 3.05) is 26.8 Å². The molecule has 0 amide bonds. The second kappa shape index (κ2) is 6.00. The van der Waals surface area contributed by atoms with Crippen LogP contribution in [-0.2, 0) is 11.3 Å². The van der Waals surface area contributed by atoms with Crippen molar-refractivity contribution in [1.82, 2.24) is 9.88 Å². The number of aryl methyl sites for hydroxylation is 1. The van der Waals surface area contributed by atoms with Crippen LogP contribution >= 0.6 is 0 Å². The summed E-state index contributed by atoms with van der Waals surface area (Å²) < 4.78 is 5.23. The topological polar surface area (TPSA) is 45.3 Å². The molecule has 3 rings (SSSR count). The van der Waals surface area contributed by atoms with Crippen molar-refractivity contribution < 1.29 is 4.74 Å². The molecule has 0 saturated carbocycles. The van der Waals surface area contributed by atoms with Crippen molar-refractivity contribution in [1.29, 1.82) is 0 Å². The number of fused-ring (bicyclic) bond motifs is 1. The molecule has 2 aromatic rings. The maximum absolute atomic E-state index is 12.2. The van der Waals surface area contributed by atoms with E-state index in [4.69, 9.17) is 4.74 Å². The quantitative estimate of drug-likeness (QED) is 0.938. The normalized spacial score (nSPS) is 19.4. The first-order chi connectivity index (χ1) is 10.2. The van der Waals surface area contributed by atoms with Crippen LogP contribution in [0.4, 0.5) is 0 Å². The monoisotopic (exact) mass is 286 g/mol. The molecule has 21 heavy (non-hydrogen) atoms. The van der Waals surface area contributed by atoms with E-state index in [-0.39, 0.29) is 5.43 Å². The van der Waals surface area contributed by atoms with Crippen LogP contribution in [0.25, 0.3) is 10.9 Å². The molecular formula is C17H22N2O2. The molecule has 1 aromatic heterocycles. The van der Waals surface area contributed by atoms with Crippen molar-refractivity contribution in [2.45, 2.75) is 19.9 Å². The van der Waals surface area contributed by atoms with E-state index in [0.29, 0.717) is 5.92 Å². The van der Waals surface area contributed by atoms with Gasteiger partial charge in [0.25, 0.3) is 0 Å². The highest BCUT2D eigenvalue weighted by molar-refractivity contribution is 5.79. The number of methoxy groups -OCH3 is 1. The zero-order valence-electron chi connectivity index (χ0n) is 12.7. The molecule has 0 aliphatic carbocycles. The largest absolute Gasteiger partial charge is 0.384 e. The van der Waals surface area contributed by atoms with E-state index in [2.05, 4.69) is 9.88 Å². The summed E-state index contributed by atoms with van der Waals surface area (Å²) in [5.74, 6) is 0.616. The fraction of sp³-hybridized carbons (Fsp3) is 0.471. The summed E-state index contributed by atoms with van der Waals surface area (Å²) >= 11 is 0. The Balaban J connectivity index is 1.79. The molecule has 0 bridgehead atoms. The lowest BCUT2D eigenvalue weighted by atomic mass is 10.1. The number of aromatic nitrogens is 1. The third-order valence-corrected chi connectivity index (χ3v) is 4.21. The highest BCUT2D eigenvalue weighted by atomic mass is 16.5. The summed E-state index contributed by atoms with van der Waals surface area (Å²) in [6.45, 7) is 5.75. The van der Waals surface area contributed by atoms with Gasteiger partial charge < -0.3 is 9.72 Å². The van der Waals surface area contributed by atoms with Crippen LogP contribution in [0.15, 0.2) is 29.1 Å². The van der Waals surface area contributed by atoms with Gasteiger partial charge in [-0.05, 0) is 37.9 Å². The molecule has 1 N–H and O–H groups in total. The van der Waals surface area contributed by atoms with Gasteiger partial charge in [-0.3, -0.25) is 9.69 Å². The van der Waals surface area contributed by atoms with Crippen LogP contribution < -0.4 is 5.43 Å². The first kappa shape index (κ1) is 14.3. The lowest BCUT2D eigenvalue weighted by molar-refractivity contribution is 0.152. The van der Waals surface area contributed by atoms with Crippen molar-refractivity contribution in [2.24, 2.45) is 5.92 Å². The first-order valence-electron chi connectivity index (χ1n) is 7.49. The average molecular weight is 286 g/mol. The average Bonchev–Trinajstić information content (AvgIpc) is 2.87. The molecule has 1 atom stereocenters. The molecule has 4 nitrogen and oxygen atoms in total. The Morgan fingerprint density at radius 3 is 3.05 bits per heavy atom. The van der Waals surface area contributed by atoms with Gasteiger partial charge in [0, 0.05) is 42.9 Å². The van der Waals surface area contributed by atoms with E-state index in [1.165, 1.54) is 6.42 Å². The fourth-order valence-corrected chi connectivity index (χ4v) is 3.17. The smallest absolute Gasteiger partial charge is 0.189 e.